The molecular formula is C10H10. The highest BCUT2D eigenvalue weighted by atomic mass is 14.6. The predicted molar refractivity (Wildman–Crippen MR) is 41.4 cm³/mol. The van der Waals surface area contributed by atoms with Gasteiger partial charge in [-0.2, -0.15) is 0 Å². The van der Waals surface area contributed by atoms with E-state index in [1.54, 1.807) is 0 Å². The lowest BCUT2D eigenvalue weighted by Gasteiger charge is -2.16. The van der Waals surface area contributed by atoms with E-state index in [9.17, 15) is 0 Å². The fourth-order valence-corrected chi connectivity index (χ4v) is 2.38. The molecule has 4 atom stereocenters. The summed E-state index contributed by atoms with van der Waals surface area (Å²) in [6.45, 7) is 4.12. The Balaban J connectivity index is 2.21. The lowest BCUT2D eigenvalue weighted by molar-refractivity contribution is 0.747. The third-order valence-corrected chi connectivity index (χ3v) is 3.07. The molecule has 2 bridgehead atoms. The molecule has 0 saturated heterocycles. The maximum atomic E-state index is 4.12. The van der Waals surface area contributed by atoms with E-state index in [1.165, 1.54) is 5.57 Å². The van der Waals surface area contributed by atoms with Crippen LogP contribution in [0.2, 0.25) is 0 Å². The van der Waals surface area contributed by atoms with Gasteiger partial charge in [0.05, 0.1) is 0 Å². The summed E-state index contributed by atoms with van der Waals surface area (Å²) in [5.74, 6) is 3.09. The van der Waals surface area contributed by atoms with Gasteiger partial charge in [-0.3, -0.25) is 0 Å². The molecular weight excluding hydrogens is 120 g/mol. The maximum absolute atomic E-state index is 4.12. The minimum atomic E-state index is 0.583. The monoisotopic (exact) mass is 130 g/mol. The molecule has 0 heteroatoms. The van der Waals surface area contributed by atoms with Crippen LogP contribution < -0.4 is 0 Å². The molecule has 0 aromatic heterocycles. The smallest absolute Gasteiger partial charge is 0.0158 e. The minimum Gasteiger partial charge on any atom is -0.0986 e. The standard InChI is InChI=1S/C10H10/c1-6-7-2-4-8-9(5-3-7)10(6)8/h2-5,7-10H,1H2/t7?,8-,9+,10?. The van der Waals surface area contributed by atoms with Gasteiger partial charge in [0.1, 0.15) is 0 Å². The van der Waals surface area contributed by atoms with Gasteiger partial charge >= 0.3 is 0 Å². The van der Waals surface area contributed by atoms with Crippen molar-refractivity contribution in [2.45, 2.75) is 0 Å². The van der Waals surface area contributed by atoms with Crippen LogP contribution in [-0.2, 0) is 0 Å². The first kappa shape index (κ1) is 4.95. The van der Waals surface area contributed by atoms with Crippen LogP contribution in [0.25, 0.3) is 0 Å². The molecule has 0 aromatic carbocycles. The van der Waals surface area contributed by atoms with Gasteiger partial charge in [0, 0.05) is 5.92 Å². The molecule has 0 N–H and O–H groups in total. The van der Waals surface area contributed by atoms with Crippen molar-refractivity contribution >= 4 is 0 Å². The maximum Gasteiger partial charge on any atom is 0.0158 e. The molecule has 0 heterocycles. The van der Waals surface area contributed by atoms with E-state index in [2.05, 4.69) is 30.9 Å². The quantitative estimate of drug-likeness (QED) is 0.441. The van der Waals surface area contributed by atoms with Crippen molar-refractivity contribution in [3.63, 3.8) is 0 Å². The third-order valence-electron chi connectivity index (χ3n) is 3.07. The summed E-state index contributed by atoms with van der Waals surface area (Å²) in [6.07, 6.45) is 9.34. The van der Waals surface area contributed by atoms with Gasteiger partial charge in [-0.25, -0.2) is 0 Å². The van der Waals surface area contributed by atoms with Crippen molar-refractivity contribution in [1.29, 1.82) is 0 Å². The Labute approximate surface area is 60.9 Å². The second-order valence-electron chi connectivity index (χ2n) is 3.55. The highest BCUT2D eigenvalue weighted by Crippen LogP contribution is 2.59. The van der Waals surface area contributed by atoms with Crippen molar-refractivity contribution in [2.24, 2.45) is 23.7 Å². The number of fused-ring (bicyclic) bond motifs is 2. The van der Waals surface area contributed by atoms with Crippen molar-refractivity contribution in [3.8, 4) is 0 Å². The van der Waals surface area contributed by atoms with E-state index in [0.717, 1.165) is 17.8 Å². The normalized spacial score (nSPS) is 53.4. The van der Waals surface area contributed by atoms with Crippen molar-refractivity contribution in [1.82, 2.24) is 0 Å². The minimum absolute atomic E-state index is 0.583. The second-order valence-corrected chi connectivity index (χ2v) is 3.55. The van der Waals surface area contributed by atoms with Crippen LogP contribution in [0, 0.1) is 23.7 Å². The molecule has 0 radical (unpaired) electrons. The summed E-state index contributed by atoms with van der Waals surface area (Å²) in [4.78, 5) is 0. The Bertz CT molecular complexity index is 237. The van der Waals surface area contributed by atoms with Gasteiger partial charge in [-0.05, 0) is 17.8 Å². The van der Waals surface area contributed by atoms with Crippen molar-refractivity contribution in [3.05, 3.63) is 36.5 Å². The summed E-state index contributed by atoms with van der Waals surface area (Å²) in [5, 5.41) is 0. The van der Waals surface area contributed by atoms with Gasteiger partial charge < -0.3 is 0 Å². The Morgan fingerprint density at radius 3 is 2.10 bits per heavy atom. The lowest BCUT2D eigenvalue weighted by Crippen LogP contribution is -2.05. The SMILES string of the molecule is C=C1C2C=C[C@@H]3C1[C@@H]3C=C2. The number of allylic oxidation sites excluding steroid dienone is 5. The van der Waals surface area contributed by atoms with Crippen LogP contribution in [0.1, 0.15) is 0 Å². The number of hydrogen-bond acceptors (Lipinski definition) is 0. The van der Waals surface area contributed by atoms with Gasteiger partial charge in [0.2, 0.25) is 0 Å². The zero-order chi connectivity index (χ0) is 6.72. The van der Waals surface area contributed by atoms with E-state index in [4.69, 9.17) is 0 Å². The van der Waals surface area contributed by atoms with E-state index >= 15 is 0 Å². The molecule has 3 aliphatic rings. The molecule has 1 fully saturated rings. The van der Waals surface area contributed by atoms with E-state index in [0.29, 0.717) is 5.92 Å². The Morgan fingerprint density at radius 1 is 1.00 bits per heavy atom. The van der Waals surface area contributed by atoms with Gasteiger partial charge in [0.25, 0.3) is 0 Å². The zero-order valence-electron chi connectivity index (χ0n) is 5.83. The fourth-order valence-electron chi connectivity index (χ4n) is 2.38. The Morgan fingerprint density at radius 2 is 1.60 bits per heavy atom. The second kappa shape index (κ2) is 1.29. The molecule has 50 valence electrons. The molecule has 2 unspecified atom stereocenters. The molecule has 0 spiro atoms. The van der Waals surface area contributed by atoms with Gasteiger partial charge in [-0.1, -0.05) is 36.5 Å². The summed E-state index contributed by atoms with van der Waals surface area (Å²) in [5.41, 5.74) is 1.46. The van der Waals surface area contributed by atoms with Crippen LogP contribution >= 0.6 is 0 Å². The molecule has 3 aliphatic carbocycles. The summed E-state index contributed by atoms with van der Waals surface area (Å²) < 4.78 is 0. The highest BCUT2D eigenvalue weighted by Gasteiger charge is 2.52. The molecule has 0 nitrogen and oxygen atoms in total. The summed E-state index contributed by atoms with van der Waals surface area (Å²) >= 11 is 0. The highest BCUT2D eigenvalue weighted by molar-refractivity contribution is 5.41. The Kier molecular flexibility index (Phi) is 0.639. The Hall–Kier alpha value is -0.780. The van der Waals surface area contributed by atoms with E-state index in [1.807, 2.05) is 0 Å². The molecule has 10 heavy (non-hydrogen) atoms. The van der Waals surface area contributed by atoms with Gasteiger partial charge in [-0.15, -0.1) is 0 Å². The van der Waals surface area contributed by atoms with E-state index in [-0.39, 0.29) is 0 Å². The van der Waals surface area contributed by atoms with Crippen LogP contribution in [0.4, 0.5) is 0 Å². The van der Waals surface area contributed by atoms with E-state index < -0.39 is 0 Å². The van der Waals surface area contributed by atoms with Crippen LogP contribution in [-0.4, -0.2) is 0 Å². The predicted octanol–water partition coefficient (Wildman–Crippen LogP) is 2.16. The molecule has 3 rings (SSSR count). The van der Waals surface area contributed by atoms with Gasteiger partial charge in [0.15, 0.2) is 0 Å². The zero-order valence-corrected chi connectivity index (χ0v) is 5.83. The molecule has 0 amide bonds. The molecule has 0 aliphatic heterocycles. The average molecular weight is 130 g/mol. The topological polar surface area (TPSA) is 0 Å². The summed E-state index contributed by atoms with van der Waals surface area (Å²) in [6, 6.07) is 0. The first-order valence-corrected chi connectivity index (χ1v) is 3.93. The first-order chi connectivity index (χ1) is 4.88. The largest absolute Gasteiger partial charge is 0.0986 e. The number of rotatable bonds is 0. The van der Waals surface area contributed by atoms with Crippen LogP contribution in [0.5, 0.6) is 0 Å². The number of hydrogen-bond donors (Lipinski definition) is 0. The third kappa shape index (κ3) is 0.377. The van der Waals surface area contributed by atoms with Crippen molar-refractivity contribution in [2.75, 3.05) is 0 Å². The van der Waals surface area contributed by atoms with Crippen LogP contribution in [0.3, 0.4) is 0 Å². The first-order valence-electron chi connectivity index (χ1n) is 3.93. The lowest BCUT2D eigenvalue weighted by atomic mass is 9.88. The summed E-state index contributed by atoms with van der Waals surface area (Å²) in [7, 11) is 0. The fraction of sp³-hybridized carbons (Fsp3) is 0.400. The van der Waals surface area contributed by atoms with Crippen LogP contribution in [0.15, 0.2) is 36.5 Å². The molecule has 0 aromatic rings. The average Bonchev–Trinajstić information content (AvgIpc) is 2.59. The molecule has 1 saturated carbocycles. The van der Waals surface area contributed by atoms with Crippen molar-refractivity contribution < 1.29 is 0 Å².